The fourth-order valence-electron chi connectivity index (χ4n) is 1.11. The highest BCUT2D eigenvalue weighted by molar-refractivity contribution is 5.78. The van der Waals surface area contributed by atoms with Crippen LogP contribution >= 0.6 is 0 Å². The Kier molecular flexibility index (Phi) is 6.25. The summed E-state index contributed by atoms with van der Waals surface area (Å²) in [6, 6.07) is 0. The lowest BCUT2D eigenvalue weighted by molar-refractivity contribution is -0.146. The predicted octanol–water partition coefficient (Wildman–Crippen LogP) is 2.47. The largest absolute Gasteiger partial charge is 0.435 e. The normalized spacial score (nSPS) is 14.8. The Bertz CT molecular complexity index is 302. The van der Waals surface area contributed by atoms with E-state index in [-0.39, 0.29) is 11.9 Å². The highest BCUT2D eigenvalue weighted by Crippen LogP contribution is 2.14. The molecule has 1 heterocycles. The van der Waals surface area contributed by atoms with E-state index in [1.807, 2.05) is 0 Å². The summed E-state index contributed by atoms with van der Waals surface area (Å²) in [7, 11) is 0. The smallest absolute Gasteiger partial charge is 0.316 e. The zero-order valence-corrected chi connectivity index (χ0v) is 10.9. The summed E-state index contributed by atoms with van der Waals surface area (Å²) in [6.45, 7) is 13.0. The molecule has 0 atom stereocenters. The topological polar surface area (TPSA) is 46.6 Å². The minimum absolute atomic E-state index is 0.208. The van der Waals surface area contributed by atoms with Gasteiger partial charge in [0.15, 0.2) is 0 Å². The second-order valence-electron chi connectivity index (χ2n) is 4.70. The van der Waals surface area contributed by atoms with E-state index in [4.69, 9.17) is 0 Å². The van der Waals surface area contributed by atoms with Crippen molar-refractivity contribution in [2.75, 3.05) is 6.54 Å². The van der Waals surface area contributed by atoms with Gasteiger partial charge in [0.1, 0.15) is 0 Å². The van der Waals surface area contributed by atoms with E-state index in [2.05, 4.69) is 17.9 Å². The van der Waals surface area contributed by atoms with Gasteiger partial charge in [-0.2, -0.15) is 0 Å². The Labute approximate surface area is 103 Å². The average molecular weight is 239 g/mol. The van der Waals surface area contributed by atoms with Crippen LogP contribution in [0.3, 0.4) is 0 Å². The average Bonchev–Trinajstić information content (AvgIpc) is 2.63. The van der Waals surface area contributed by atoms with Gasteiger partial charge in [-0.05, 0) is 33.4 Å². The van der Waals surface area contributed by atoms with Crippen LogP contribution in [0, 0.1) is 5.41 Å². The van der Waals surface area contributed by atoms with E-state index in [0.29, 0.717) is 6.42 Å². The van der Waals surface area contributed by atoms with Gasteiger partial charge in [-0.1, -0.05) is 13.2 Å². The first-order valence-electron chi connectivity index (χ1n) is 5.57. The molecule has 1 rings (SSSR count). The first-order valence-corrected chi connectivity index (χ1v) is 5.57. The quantitative estimate of drug-likeness (QED) is 0.549. The van der Waals surface area contributed by atoms with Crippen LogP contribution in [0.5, 0.6) is 0 Å². The molecule has 4 nitrogen and oxygen atoms in total. The number of likely N-dealkylation sites (tertiary alicyclic amines) is 1. The van der Waals surface area contributed by atoms with Crippen molar-refractivity contribution in [2.24, 2.45) is 5.41 Å². The summed E-state index contributed by atoms with van der Waals surface area (Å²) in [4.78, 5) is 23.1. The van der Waals surface area contributed by atoms with E-state index in [0.717, 1.165) is 19.2 Å². The third-order valence-electron chi connectivity index (χ3n) is 2.13. The van der Waals surface area contributed by atoms with Crippen molar-refractivity contribution in [2.45, 2.75) is 33.6 Å². The predicted molar refractivity (Wildman–Crippen MR) is 66.9 cm³/mol. The molecule has 4 heteroatoms. The number of hydrogen-bond acceptors (Lipinski definition) is 3. The number of amides is 1. The molecule has 0 aromatic carbocycles. The molecule has 1 amide bonds. The van der Waals surface area contributed by atoms with Gasteiger partial charge in [-0.3, -0.25) is 9.59 Å². The van der Waals surface area contributed by atoms with Crippen molar-refractivity contribution in [3.8, 4) is 0 Å². The lowest BCUT2D eigenvalue weighted by atomic mass is 9.98. The molecule has 1 aliphatic heterocycles. The van der Waals surface area contributed by atoms with Crippen LogP contribution in [-0.4, -0.2) is 23.3 Å². The zero-order chi connectivity index (χ0) is 13.5. The Morgan fingerprint density at radius 2 is 2.00 bits per heavy atom. The van der Waals surface area contributed by atoms with Gasteiger partial charge in [0.05, 0.1) is 11.7 Å². The van der Waals surface area contributed by atoms with Crippen LogP contribution < -0.4 is 0 Å². The minimum atomic E-state index is -0.422. The number of nitrogens with zero attached hydrogens (tertiary/aromatic N) is 1. The molecule has 17 heavy (non-hydrogen) atoms. The Morgan fingerprint density at radius 1 is 1.41 bits per heavy atom. The summed E-state index contributed by atoms with van der Waals surface area (Å²) in [5.41, 5.74) is -0.422. The summed E-state index contributed by atoms with van der Waals surface area (Å²) < 4.78 is 4.53. The summed E-state index contributed by atoms with van der Waals surface area (Å²) >= 11 is 0. The van der Waals surface area contributed by atoms with Crippen molar-refractivity contribution in [1.82, 2.24) is 4.90 Å². The molecule has 0 radical (unpaired) electrons. The molecule has 0 bridgehead atoms. The zero-order valence-electron chi connectivity index (χ0n) is 10.9. The van der Waals surface area contributed by atoms with Crippen molar-refractivity contribution >= 4 is 11.9 Å². The number of ether oxygens (including phenoxy) is 1. The maximum Gasteiger partial charge on any atom is 0.316 e. The van der Waals surface area contributed by atoms with Crippen LogP contribution in [-0.2, 0) is 14.3 Å². The first-order chi connectivity index (χ1) is 7.82. The molecule has 0 saturated carbocycles. The fourth-order valence-corrected chi connectivity index (χ4v) is 1.11. The van der Waals surface area contributed by atoms with E-state index in [9.17, 15) is 9.59 Å². The molecule has 0 N–H and O–H groups in total. The SMILES string of the molecule is C=CN1CCCC1=O.C=COC(=O)C(C)(C)C. The summed E-state index contributed by atoms with van der Waals surface area (Å²) in [5.74, 6) is -0.0440. The summed E-state index contributed by atoms with van der Waals surface area (Å²) in [6.07, 6.45) is 4.43. The van der Waals surface area contributed by atoms with Gasteiger partial charge in [0, 0.05) is 13.0 Å². The van der Waals surface area contributed by atoms with Gasteiger partial charge in [0.25, 0.3) is 0 Å². The van der Waals surface area contributed by atoms with Crippen molar-refractivity contribution < 1.29 is 14.3 Å². The number of carbonyl (C=O) groups excluding carboxylic acids is 2. The molecule has 0 aromatic heterocycles. The van der Waals surface area contributed by atoms with Gasteiger partial charge in [-0.15, -0.1) is 0 Å². The maximum atomic E-state index is 10.8. The standard InChI is InChI=1S/C7H12O2.C6H9NO/c1-5-9-6(8)7(2,3)4;1-2-7-5-3-4-6(7)8/h5H,1H2,2-4H3;2H,1,3-5H2. The Balaban J connectivity index is 0.000000302. The summed E-state index contributed by atoms with van der Waals surface area (Å²) in [5, 5.41) is 0. The lowest BCUT2D eigenvalue weighted by Crippen LogP contribution is -2.20. The van der Waals surface area contributed by atoms with E-state index >= 15 is 0 Å². The molecule has 0 aromatic rings. The molecular weight excluding hydrogens is 218 g/mol. The molecule has 0 unspecified atom stereocenters. The number of rotatable bonds is 2. The van der Waals surface area contributed by atoms with Crippen LogP contribution in [0.4, 0.5) is 0 Å². The molecular formula is C13H21NO3. The van der Waals surface area contributed by atoms with Crippen LogP contribution in [0.15, 0.2) is 25.6 Å². The third kappa shape index (κ3) is 5.90. The van der Waals surface area contributed by atoms with Crippen molar-refractivity contribution in [3.05, 3.63) is 25.6 Å². The second-order valence-corrected chi connectivity index (χ2v) is 4.70. The van der Waals surface area contributed by atoms with E-state index in [1.54, 1.807) is 31.9 Å². The van der Waals surface area contributed by atoms with Gasteiger partial charge < -0.3 is 9.64 Å². The molecule has 1 fully saturated rings. The molecule has 1 aliphatic rings. The Hall–Kier alpha value is -1.58. The first kappa shape index (κ1) is 15.4. The van der Waals surface area contributed by atoms with Gasteiger partial charge in [0.2, 0.25) is 5.91 Å². The van der Waals surface area contributed by atoms with Gasteiger partial charge >= 0.3 is 5.97 Å². The number of carbonyl (C=O) groups is 2. The van der Waals surface area contributed by atoms with Gasteiger partial charge in [-0.25, -0.2) is 0 Å². The van der Waals surface area contributed by atoms with Crippen LogP contribution in [0.1, 0.15) is 33.6 Å². The highest BCUT2D eigenvalue weighted by Gasteiger charge is 2.21. The molecule has 96 valence electrons. The lowest BCUT2D eigenvalue weighted by Gasteiger charge is -2.13. The Morgan fingerprint density at radius 3 is 2.18 bits per heavy atom. The monoisotopic (exact) mass is 239 g/mol. The van der Waals surface area contributed by atoms with Crippen molar-refractivity contribution in [3.63, 3.8) is 0 Å². The number of hydrogen-bond donors (Lipinski definition) is 0. The van der Waals surface area contributed by atoms with Crippen LogP contribution in [0.2, 0.25) is 0 Å². The van der Waals surface area contributed by atoms with E-state index in [1.165, 1.54) is 0 Å². The van der Waals surface area contributed by atoms with Crippen LogP contribution in [0.25, 0.3) is 0 Å². The molecule has 0 spiro atoms. The van der Waals surface area contributed by atoms with Crippen molar-refractivity contribution in [1.29, 1.82) is 0 Å². The van der Waals surface area contributed by atoms with E-state index < -0.39 is 5.41 Å². The minimum Gasteiger partial charge on any atom is -0.435 e. The molecule has 0 aliphatic carbocycles. The second kappa shape index (κ2) is 6.89. The third-order valence-corrected chi connectivity index (χ3v) is 2.13. The molecule has 1 saturated heterocycles. The number of esters is 1. The highest BCUT2D eigenvalue weighted by atomic mass is 16.5. The fraction of sp³-hybridized carbons (Fsp3) is 0.538. The maximum absolute atomic E-state index is 10.8.